The van der Waals surface area contributed by atoms with Crippen molar-refractivity contribution < 1.29 is 10.2 Å². The van der Waals surface area contributed by atoms with Crippen LogP contribution >= 0.6 is 22.7 Å². The minimum absolute atomic E-state index is 0.0597. The van der Waals surface area contributed by atoms with Crippen molar-refractivity contribution in [2.75, 3.05) is 13.1 Å². The molecule has 0 bridgehead atoms. The highest BCUT2D eigenvalue weighted by Gasteiger charge is 2.17. The van der Waals surface area contributed by atoms with E-state index >= 15 is 0 Å². The predicted octanol–water partition coefficient (Wildman–Crippen LogP) is 1.62. The second-order valence-corrected chi connectivity index (χ2v) is 6.62. The summed E-state index contributed by atoms with van der Waals surface area (Å²) in [7, 11) is 0. The van der Waals surface area contributed by atoms with Crippen LogP contribution in [0.1, 0.15) is 18.4 Å². The number of aryl methyl sites for hydroxylation is 1. The Morgan fingerprint density at radius 1 is 1.24 bits per heavy atom. The van der Waals surface area contributed by atoms with Gasteiger partial charge in [-0.15, -0.1) is 0 Å². The summed E-state index contributed by atoms with van der Waals surface area (Å²) in [5, 5.41) is 21.9. The maximum Gasteiger partial charge on any atom is 0.315 e. The van der Waals surface area contributed by atoms with Crippen molar-refractivity contribution in [3.8, 4) is 11.5 Å². The van der Waals surface area contributed by atoms with E-state index in [1.54, 1.807) is 13.0 Å². The highest BCUT2D eigenvalue weighted by molar-refractivity contribution is 7.36. The molecule has 1 aromatic carbocycles. The number of rotatable bonds is 0. The van der Waals surface area contributed by atoms with Crippen molar-refractivity contribution in [3.05, 3.63) is 15.6 Å². The molecule has 17 heavy (non-hydrogen) atoms. The van der Waals surface area contributed by atoms with Gasteiger partial charge in [-0.3, -0.25) is 0 Å². The number of aromatic hydroxyl groups is 1. The van der Waals surface area contributed by atoms with Gasteiger partial charge in [-0.05, 0) is 13.0 Å². The molecule has 90 valence electrons. The molecule has 2 aromatic rings. The third kappa shape index (κ3) is 1.73. The molecular formula is C12H13NO2S2. The van der Waals surface area contributed by atoms with Crippen LogP contribution in [0.25, 0.3) is 9.40 Å². The van der Waals surface area contributed by atoms with Gasteiger partial charge in [0.1, 0.15) is 18.8 Å². The van der Waals surface area contributed by atoms with Gasteiger partial charge in [0.15, 0.2) is 0 Å². The number of phenolic OH excluding ortho intramolecular Hbond substituents is 1. The Hall–Kier alpha value is -1.07. The first-order valence-corrected chi connectivity index (χ1v) is 7.31. The number of phenols is 1. The topological polar surface area (TPSA) is 46.3 Å². The fourth-order valence-corrected chi connectivity index (χ4v) is 4.84. The molecule has 1 aliphatic rings. The monoisotopic (exact) mass is 267 g/mol. The van der Waals surface area contributed by atoms with Gasteiger partial charge in [0.25, 0.3) is 0 Å². The first-order chi connectivity index (χ1) is 8.16. The summed E-state index contributed by atoms with van der Waals surface area (Å²) >= 11 is 3.06. The number of nitrogens with zero attached hydrogens (tertiary/aromatic N) is 1. The highest BCUT2D eigenvalue weighted by Crippen LogP contribution is 2.37. The van der Waals surface area contributed by atoms with Crippen LogP contribution in [-0.4, -0.2) is 18.2 Å². The molecule has 2 heterocycles. The van der Waals surface area contributed by atoms with Crippen molar-refractivity contribution in [2.45, 2.75) is 19.8 Å². The van der Waals surface area contributed by atoms with Crippen molar-refractivity contribution >= 4 is 32.1 Å². The summed E-state index contributed by atoms with van der Waals surface area (Å²) in [6, 6.07) is 1.57. The summed E-state index contributed by atoms with van der Waals surface area (Å²) in [6.45, 7) is 3.88. The fourth-order valence-electron chi connectivity index (χ4n) is 2.15. The highest BCUT2D eigenvalue weighted by atomic mass is 32.2. The molecule has 3 nitrogen and oxygen atoms in total. The molecule has 5 heteroatoms. The van der Waals surface area contributed by atoms with E-state index in [4.69, 9.17) is 0 Å². The molecule has 0 spiro atoms. The quantitative estimate of drug-likeness (QED) is 0.737. The van der Waals surface area contributed by atoms with Crippen LogP contribution in [0, 0.1) is 6.92 Å². The van der Waals surface area contributed by atoms with Gasteiger partial charge in [-0.25, -0.2) is 4.58 Å². The molecule has 3 rings (SSSR count). The van der Waals surface area contributed by atoms with E-state index in [-0.39, 0.29) is 11.5 Å². The van der Waals surface area contributed by atoms with E-state index in [0.29, 0.717) is 10.3 Å². The van der Waals surface area contributed by atoms with Gasteiger partial charge in [0, 0.05) is 17.5 Å². The summed E-state index contributed by atoms with van der Waals surface area (Å²) in [4.78, 5) is 0. The molecular weight excluding hydrogens is 254 g/mol. The lowest BCUT2D eigenvalue weighted by Gasteiger charge is -2.10. The zero-order valence-electron chi connectivity index (χ0n) is 9.52. The van der Waals surface area contributed by atoms with Crippen LogP contribution in [0.5, 0.6) is 11.5 Å². The first-order valence-electron chi connectivity index (χ1n) is 5.68. The average molecular weight is 267 g/mol. The minimum Gasteiger partial charge on any atom is -0.871 e. The van der Waals surface area contributed by atoms with Gasteiger partial charge in [0.05, 0.1) is 4.70 Å². The normalized spacial score (nSPS) is 15.9. The Morgan fingerprint density at radius 2 is 1.88 bits per heavy atom. The third-order valence-electron chi connectivity index (χ3n) is 3.10. The van der Waals surface area contributed by atoms with Crippen LogP contribution in [0.15, 0.2) is 6.07 Å². The Balaban J connectivity index is 2.36. The molecule has 1 fully saturated rings. The molecule has 0 atom stereocenters. The van der Waals surface area contributed by atoms with E-state index in [0.717, 1.165) is 21.8 Å². The van der Waals surface area contributed by atoms with E-state index in [1.165, 1.54) is 35.5 Å². The minimum atomic E-state index is 0.0597. The van der Waals surface area contributed by atoms with Gasteiger partial charge in [-0.2, -0.15) is 0 Å². The van der Waals surface area contributed by atoms with Crippen molar-refractivity contribution in [3.63, 3.8) is 0 Å². The lowest BCUT2D eigenvalue weighted by molar-refractivity contribution is -0.266. The Morgan fingerprint density at radius 3 is 2.59 bits per heavy atom. The molecule has 1 aromatic heterocycles. The lowest BCUT2D eigenvalue weighted by Crippen LogP contribution is -2.21. The lowest BCUT2D eigenvalue weighted by atomic mass is 10.2. The molecule has 1 N–H and O–H groups in total. The van der Waals surface area contributed by atoms with E-state index in [9.17, 15) is 10.2 Å². The molecule has 0 amide bonds. The summed E-state index contributed by atoms with van der Waals surface area (Å²) in [6.07, 6.45) is 2.44. The zero-order valence-corrected chi connectivity index (χ0v) is 11.2. The van der Waals surface area contributed by atoms with Crippen LogP contribution in [0.3, 0.4) is 0 Å². The average Bonchev–Trinajstić information content (AvgIpc) is 2.94. The van der Waals surface area contributed by atoms with Crippen molar-refractivity contribution in [2.24, 2.45) is 0 Å². The van der Waals surface area contributed by atoms with Gasteiger partial charge < -0.3 is 10.2 Å². The van der Waals surface area contributed by atoms with Gasteiger partial charge in [-0.1, -0.05) is 34.0 Å². The standard InChI is InChI=1S/C12H13NO2S2/c1-7-6-8(14)10-11(9(7)15)17-12(16-10)13-4-2-3-5-13/h6H,2-5H2,1H3,(H-,14,15). The smallest absolute Gasteiger partial charge is 0.315 e. The number of hydrogen-bond donors (Lipinski definition) is 1. The summed E-state index contributed by atoms with van der Waals surface area (Å²) in [5.74, 6) is 0.299. The molecule has 0 radical (unpaired) electrons. The Labute approximate surface area is 107 Å². The van der Waals surface area contributed by atoms with Crippen molar-refractivity contribution in [1.29, 1.82) is 0 Å². The number of fused-ring (bicyclic) bond motifs is 1. The van der Waals surface area contributed by atoms with E-state index < -0.39 is 0 Å². The molecule has 1 aliphatic heterocycles. The Kier molecular flexibility index (Phi) is 2.60. The van der Waals surface area contributed by atoms with Crippen LogP contribution in [0.4, 0.5) is 0 Å². The second kappa shape index (κ2) is 3.99. The van der Waals surface area contributed by atoms with Gasteiger partial charge in [0.2, 0.25) is 0 Å². The third-order valence-corrected chi connectivity index (χ3v) is 5.81. The largest absolute Gasteiger partial charge is 0.871 e. The molecule has 1 saturated heterocycles. The number of benzene rings is 1. The summed E-state index contributed by atoms with van der Waals surface area (Å²) in [5.41, 5.74) is 0.622. The maximum absolute atomic E-state index is 12.0. The predicted molar refractivity (Wildman–Crippen MR) is 69.8 cm³/mol. The second-order valence-electron chi connectivity index (χ2n) is 4.36. The van der Waals surface area contributed by atoms with Crippen LogP contribution in [-0.2, 0) is 0 Å². The molecule has 0 saturated carbocycles. The zero-order chi connectivity index (χ0) is 12.0. The van der Waals surface area contributed by atoms with Gasteiger partial charge >= 0.3 is 3.98 Å². The first kappa shape index (κ1) is 11.0. The van der Waals surface area contributed by atoms with Crippen LogP contribution < -0.4 is 13.7 Å². The van der Waals surface area contributed by atoms with Crippen LogP contribution in [0.2, 0.25) is 0 Å². The fraction of sp³-hybridized carbons (Fsp3) is 0.417. The SMILES string of the molecule is Cc1cc(O)c2sc(=[N+]3CCCC3)sc2c1[O-]. The van der Waals surface area contributed by atoms with E-state index in [1.807, 2.05) is 0 Å². The molecule has 0 unspecified atom stereocenters. The number of hydrogen-bond acceptors (Lipinski definition) is 4. The van der Waals surface area contributed by atoms with E-state index in [2.05, 4.69) is 4.58 Å². The maximum atomic E-state index is 12.0. The Bertz CT molecular complexity index is 646. The van der Waals surface area contributed by atoms with Crippen molar-refractivity contribution in [1.82, 2.24) is 4.58 Å². The summed E-state index contributed by atoms with van der Waals surface area (Å²) < 4.78 is 4.90. The molecule has 0 aliphatic carbocycles.